The molecule has 0 saturated carbocycles. The molecule has 1 aliphatic heterocycles. The normalized spacial score (nSPS) is 14.3. The van der Waals surface area contributed by atoms with Crippen LogP contribution in [0.2, 0.25) is 0 Å². The second-order valence-corrected chi connectivity index (χ2v) is 6.16. The van der Waals surface area contributed by atoms with Gasteiger partial charge >= 0.3 is 0 Å². The van der Waals surface area contributed by atoms with Crippen LogP contribution in [0.4, 0.5) is 0 Å². The first-order valence-corrected chi connectivity index (χ1v) is 8.32. The zero-order valence-electron chi connectivity index (χ0n) is 14.5. The number of benzene rings is 2. The molecule has 1 aliphatic rings. The third-order valence-corrected chi connectivity index (χ3v) is 4.18. The van der Waals surface area contributed by atoms with E-state index in [1.165, 1.54) is 4.90 Å². The summed E-state index contributed by atoms with van der Waals surface area (Å²) in [5, 5.41) is 12.5. The van der Waals surface area contributed by atoms with Gasteiger partial charge in [-0.3, -0.25) is 9.59 Å². The van der Waals surface area contributed by atoms with Gasteiger partial charge in [-0.05, 0) is 22.8 Å². The second kappa shape index (κ2) is 7.70. The number of hydrogen-bond acceptors (Lipinski definition) is 3. The lowest BCUT2D eigenvalue weighted by Crippen LogP contribution is -2.27. The maximum atomic E-state index is 12.2. The number of aliphatic hydroxyl groups excluding tert-OH is 1. The number of amides is 2. The van der Waals surface area contributed by atoms with Gasteiger partial charge in [0, 0.05) is 13.6 Å². The number of carbonyl (C=O) groups is 2. The van der Waals surface area contributed by atoms with E-state index in [0.717, 1.165) is 16.7 Å². The van der Waals surface area contributed by atoms with Crippen molar-refractivity contribution in [3.8, 4) is 0 Å². The lowest BCUT2D eigenvalue weighted by molar-refractivity contribution is -0.126. The molecule has 2 aromatic rings. The fourth-order valence-electron chi connectivity index (χ4n) is 2.73. The third kappa shape index (κ3) is 4.00. The quantitative estimate of drug-likeness (QED) is 0.817. The molecule has 2 aromatic carbocycles. The van der Waals surface area contributed by atoms with E-state index in [-0.39, 0.29) is 12.1 Å². The van der Waals surface area contributed by atoms with E-state index in [0.29, 0.717) is 6.54 Å². The molecule has 0 fully saturated rings. The molecule has 0 bridgehead atoms. The molecule has 1 heterocycles. The standard InChI is InChI=1S/C21H20N2O3/c1-23-14-18(19(24)21(23)26)20(25)22-13-17-9-5-8-16(12-17)11-10-15-6-3-2-4-7-15/h2-12,24H,13-14H2,1H3,(H,22,25)/b11-10+. The first-order valence-electron chi connectivity index (χ1n) is 8.32. The summed E-state index contributed by atoms with van der Waals surface area (Å²) in [4.78, 5) is 25.1. The van der Waals surface area contributed by atoms with Crippen molar-refractivity contribution in [2.75, 3.05) is 13.6 Å². The molecule has 26 heavy (non-hydrogen) atoms. The van der Waals surface area contributed by atoms with Crippen LogP contribution in [0.15, 0.2) is 65.9 Å². The number of nitrogens with one attached hydrogen (secondary N) is 1. The summed E-state index contributed by atoms with van der Waals surface area (Å²) in [5.41, 5.74) is 3.19. The molecule has 3 rings (SSSR count). The van der Waals surface area contributed by atoms with Crippen molar-refractivity contribution in [1.29, 1.82) is 0 Å². The Morgan fingerprint density at radius 1 is 1.12 bits per heavy atom. The average molecular weight is 348 g/mol. The van der Waals surface area contributed by atoms with Crippen molar-refractivity contribution >= 4 is 24.0 Å². The highest BCUT2D eigenvalue weighted by atomic mass is 16.3. The lowest BCUT2D eigenvalue weighted by Gasteiger charge is -2.08. The Labute approximate surface area is 152 Å². The highest BCUT2D eigenvalue weighted by Crippen LogP contribution is 2.16. The van der Waals surface area contributed by atoms with Crippen LogP contribution in [0.3, 0.4) is 0 Å². The van der Waals surface area contributed by atoms with E-state index in [2.05, 4.69) is 5.32 Å². The van der Waals surface area contributed by atoms with Crippen LogP contribution >= 0.6 is 0 Å². The fourth-order valence-corrected chi connectivity index (χ4v) is 2.73. The van der Waals surface area contributed by atoms with Gasteiger partial charge in [0.2, 0.25) is 0 Å². The van der Waals surface area contributed by atoms with Gasteiger partial charge in [0.25, 0.3) is 11.8 Å². The largest absolute Gasteiger partial charge is 0.503 e. The van der Waals surface area contributed by atoms with E-state index in [4.69, 9.17) is 0 Å². The van der Waals surface area contributed by atoms with Gasteiger partial charge in [0.05, 0.1) is 12.1 Å². The molecule has 5 nitrogen and oxygen atoms in total. The van der Waals surface area contributed by atoms with Crippen molar-refractivity contribution in [3.63, 3.8) is 0 Å². The highest BCUT2D eigenvalue weighted by molar-refractivity contribution is 6.06. The molecule has 5 heteroatoms. The Bertz CT molecular complexity index is 885. The summed E-state index contributed by atoms with van der Waals surface area (Å²) >= 11 is 0. The van der Waals surface area contributed by atoms with E-state index in [1.54, 1.807) is 7.05 Å². The molecular formula is C21H20N2O3. The summed E-state index contributed by atoms with van der Waals surface area (Å²) < 4.78 is 0. The zero-order chi connectivity index (χ0) is 18.5. The van der Waals surface area contributed by atoms with Crippen LogP contribution in [0.5, 0.6) is 0 Å². The number of likely N-dealkylation sites (N-methyl/N-ethyl adjacent to an activating group) is 1. The summed E-state index contributed by atoms with van der Waals surface area (Å²) in [6, 6.07) is 17.8. The summed E-state index contributed by atoms with van der Waals surface area (Å²) in [6.07, 6.45) is 4.04. The zero-order valence-corrected chi connectivity index (χ0v) is 14.5. The minimum Gasteiger partial charge on any atom is -0.503 e. The molecule has 0 aliphatic carbocycles. The van der Waals surface area contributed by atoms with Gasteiger partial charge in [0.15, 0.2) is 5.76 Å². The van der Waals surface area contributed by atoms with Crippen molar-refractivity contribution in [2.45, 2.75) is 6.54 Å². The van der Waals surface area contributed by atoms with Gasteiger partial charge in [-0.25, -0.2) is 0 Å². The monoisotopic (exact) mass is 348 g/mol. The fraction of sp³-hybridized carbons (Fsp3) is 0.143. The molecule has 0 unspecified atom stereocenters. The molecule has 0 spiro atoms. The Balaban J connectivity index is 1.63. The minimum absolute atomic E-state index is 0.109. The van der Waals surface area contributed by atoms with Crippen LogP contribution in [0.25, 0.3) is 12.2 Å². The summed E-state index contributed by atoms with van der Waals surface area (Å²) in [5.74, 6) is -1.42. The minimum atomic E-state index is -0.525. The molecule has 2 N–H and O–H groups in total. The SMILES string of the molecule is CN1CC(C(=O)NCc2cccc(/C=C/c3ccccc3)c2)=C(O)C1=O. The van der Waals surface area contributed by atoms with E-state index in [9.17, 15) is 14.7 Å². The molecule has 0 radical (unpaired) electrons. The van der Waals surface area contributed by atoms with Crippen LogP contribution in [-0.4, -0.2) is 35.4 Å². The molecule has 0 saturated heterocycles. The van der Waals surface area contributed by atoms with Crippen LogP contribution in [0.1, 0.15) is 16.7 Å². The topological polar surface area (TPSA) is 69.6 Å². The van der Waals surface area contributed by atoms with Gasteiger partial charge in [-0.15, -0.1) is 0 Å². The second-order valence-electron chi connectivity index (χ2n) is 6.16. The Morgan fingerprint density at radius 2 is 1.81 bits per heavy atom. The number of rotatable bonds is 5. The number of nitrogens with zero attached hydrogens (tertiary/aromatic N) is 1. The molecule has 0 atom stereocenters. The molecule has 2 amide bonds. The first kappa shape index (κ1) is 17.5. The maximum Gasteiger partial charge on any atom is 0.289 e. The van der Waals surface area contributed by atoms with Gasteiger partial charge in [0.1, 0.15) is 0 Å². The molecular weight excluding hydrogens is 328 g/mol. The van der Waals surface area contributed by atoms with Gasteiger partial charge in [-0.1, -0.05) is 60.7 Å². The average Bonchev–Trinajstić information content (AvgIpc) is 2.93. The van der Waals surface area contributed by atoms with Crippen molar-refractivity contribution < 1.29 is 14.7 Å². The first-order chi connectivity index (χ1) is 12.5. The van der Waals surface area contributed by atoms with Crippen molar-refractivity contribution in [2.24, 2.45) is 0 Å². The third-order valence-electron chi connectivity index (χ3n) is 4.18. The maximum absolute atomic E-state index is 12.2. The molecule has 0 aromatic heterocycles. The van der Waals surface area contributed by atoms with E-state index in [1.807, 2.05) is 66.7 Å². The Hall–Kier alpha value is -3.34. The van der Waals surface area contributed by atoms with E-state index < -0.39 is 17.6 Å². The molecule has 132 valence electrons. The van der Waals surface area contributed by atoms with Gasteiger partial charge < -0.3 is 15.3 Å². The van der Waals surface area contributed by atoms with Crippen LogP contribution in [-0.2, 0) is 16.1 Å². The lowest BCUT2D eigenvalue weighted by atomic mass is 10.1. The Morgan fingerprint density at radius 3 is 2.50 bits per heavy atom. The predicted octanol–water partition coefficient (Wildman–Crippen LogP) is 2.76. The smallest absolute Gasteiger partial charge is 0.289 e. The van der Waals surface area contributed by atoms with Crippen LogP contribution in [0, 0.1) is 0 Å². The predicted molar refractivity (Wildman–Crippen MR) is 101 cm³/mol. The number of hydrogen-bond donors (Lipinski definition) is 2. The van der Waals surface area contributed by atoms with Crippen molar-refractivity contribution in [1.82, 2.24) is 10.2 Å². The summed E-state index contributed by atoms with van der Waals surface area (Å²) in [7, 11) is 1.54. The summed E-state index contributed by atoms with van der Waals surface area (Å²) in [6.45, 7) is 0.441. The van der Waals surface area contributed by atoms with E-state index >= 15 is 0 Å². The number of aliphatic hydroxyl groups is 1. The van der Waals surface area contributed by atoms with Crippen molar-refractivity contribution in [3.05, 3.63) is 82.6 Å². The number of carbonyl (C=O) groups excluding carboxylic acids is 2. The Kier molecular flexibility index (Phi) is 5.17. The van der Waals surface area contributed by atoms with Gasteiger partial charge in [-0.2, -0.15) is 0 Å². The highest BCUT2D eigenvalue weighted by Gasteiger charge is 2.31. The van der Waals surface area contributed by atoms with Crippen LogP contribution < -0.4 is 5.32 Å².